The number of nitrogens with one attached hydrogen (secondary N) is 1. The second-order valence-corrected chi connectivity index (χ2v) is 5.38. The van der Waals surface area contributed by atoms with Gasteiger partial charge in [0, 0.05) is 13.0 Å². The topological polar surface area (TPSA) is 55.4 Å². The summed E-state index contributed by atoms with van der Waals surface area (Å²) >= 11 is 5.76. The highest BCUT2D eigenvalue weighted by Gasteiger charge is 2.19. The van der Waals surface area contributed by atoms with Crippen molar-refractivity contribution >= 4 is 23.5 Å². The molecule has 0 heterocycles. The molecule has 1 atom stereocenters. The van der Waals surface area contributed by atoms with Crippen LogP contribution in [0.4, 0.5) is 0 Å². The second kappa shape index (κ2) is 8.35. The minimum absolute atomic E-state index is 0.0172. The van der Waals surface area contributed by atoms with Gasteiger partial charge in [0.2, 0.25) is 5.91 Å². The van der Waals surface area contributed by atoms with Gasteiger partial charge in [0.25, 0.3) is 0 Å². The van der Waals surface area contributed by atoms with Gasteiger partial charge < -0.3 is 10.1 Å². The lowest BCUT2D eigenvalue weighted by atomic mass is 9.96. The molecule has 1 fully saturated rings. The summed E-state index contributed by atoms with van der Waals surface area (Å²) in [5, 5.41) is 1.90. The zero-order valence-electron chi connectivity index (χ0n) is 10.9. The van der Waals surface area contributed by atoms with Crippen molar-refractivity contribution in [3.05, 3.63) is 0 Å². The van der Waals surface area contributed by atoms with E-state index in [0.29, 0.717) is 12.3 Å². The van der Waals surface area contributed by atoms with Crippen LogP contribution < -0.4 is 5.32 Å². The van der Waals surface area contributed by atoms with Crippen LogP contribution in [0.3, 0.4) is 0 Å². The van der Waals surface area contributed by atoms with Crippen molar-refractivity contribution in [2.45, 2.75) is 50.3 Å². The Morgan fingerprint density at radius 2 is 1.89 bits per heavy atom. The lowest BCUT2D eigenvalue weighted by Crippen LogP contribution is -2.35. The van der Waals surface area contributed by atoms with E-state index in [-0.39, 0.29) is 12.5 Å². The van der Waals surface area contributed by atoms with Gasteiger partial charge in [0.05, 0.1) is 7.11 Å². The van der Waals surface area contributed by atoms with E-state index in [0.717, 1.165) is 12.8 Å². The Morgan fingerprint density at radius 3 is 2.44 bits per heavy atom. The highest BCUT2D eigenvalue weighted by molar-refractivity contribution is 6.30. The zero-order chi connectivity index (χ0) is 13.4. The molecule has 1 aliphatic carbocycles. The number of halogens is 1. The summed E-state index contributed by atoms with van der Waals surface area (Å²) in [4.78, 5) is 22.8. The number of methoxy groups -OCH3 is 1. The van der Waals surface area contributed by atoms with Crippen LogP contribution in [0.5, 0.6) is 0 Å². The third-order valence-electron chi connectivity index (χ3n) is 3.38. The molecule has 0 radical (unpaired) electrons. The predicted molar refractivity (Wildman–Crippen MR) is 70.5 cm³/mol. The first-order chi connectivity index (χ1) is 8.63. The van der Waals surface area contributed by atoms with Gasteiger partial charge in [-0.2, -0.15) is 0 Å². The Labute approximate surface area is 113 Å². The maximum atomic E-state index is 11.7. The summed E-state index contributed by atoms with van der Waals surface area (Å²) in [7, 11) is 1.28. The molecule has 18 heavy (non-hydrogen) atoms. The average Bonchev–Trinajstić information content (AvgIpc) is 2.63. The van der Waals surface area contributed by atoms with Crippen LogP contribution in [0.25, 0.3) is 0 Å². The summed E-state index contributed by atoms with van der Waals surface area (Å²) in [6.07, 6.45) is 7.82. The minimum Gasteiger partial charge on any atom is -0.468 e. The van der Waals surface area contributed by atoms with E-state index < -0.39 is 11.3 Å². The number of carbonyl (C=O) groups is 2. The van der Waals surface area contributed by atoms with Crippen LogP contribution in [-0.4, -0.2) is 30.9 Å². The molecule has 1 rings (SSSR count). The van der Waals surface area contributed by atoms with E-state index in [4.69, 9.17) is 11.6 Å². The molecule has 1 N–H and O–H groups in total. The van der Waals surface area contributed by atoms with E-state index in [1.54, 1.807) is 0 Å². The predicted octanol–water partition coefficient (Wildman–Crippen LogP) is 2.24. The Hall–Kier alpha value is -0.770. The first-order valence-electron chi connectivity index (χ1n) is 6.62. The summed E-state index contributed by atoms with van der Waals surface area (Å²) in [6, 6.07) is 0. The van der Waals surface area contributed by atoms with Crippen molar-refractivity contribution in [3.8, 4) is 0 Å². The largest absolute Gasteiger partial charge is 0.468 e. The molecule has 0 bridgehead atoms. The van der Waals surface area contributed by atoms with Crippen molar-refractivity contribution in [1.29, 1.82) is 0 Å². The summed E-state index contributed by atoms with van der Waals surface area (Å²) < 4.78 is 4.49. The fraction of sp³-hybridized carbons (Fsp3) is 0.846. The SMILES string of the molecule is COC(=O)C(Cl)CNC(=O)CC1CCCCCC1. The lowest BCUT2D eigenvalue weighted by Gasteiger charge is -2.14. The highest BCUT2D eigenvalue weighted by atomic mass is 35.5. The number of amides is 1. The highest BCUT2D eigenvalue weighted by Crippen LogP contribution is 2.25. The number of ether oxygens (including phenoxy) is 1. The summed E-state index contributed by atoms with van der Waals surface area (Å²) in [6.45, 7) is 0.139. The van der Waals surface area contributed by atoms with Crippen molar-refractivity contribution in [2.75, 3.05) is 13.7 Å². The maximum Gasteiger partial charge on any atom is 0.325 e. The number of esters is 1. The maximum absolute atomic E-state index is 11.7. The van der Waals surface area contributed by atoms with Crippen LogP contribution in [0.2, 0.25) is 0 Å². The molecular weight excluding hydrogens is 254 g/mol. The molecular formula is C13H22ClNO3. The Balaban J connectivity index is 2.22. The molecule has 0 saturated heterocycles. The van der Waals surface area contributed by atoms with Crippen molar-refractivity contribution in [1.82, 2.24) is 5.32 Å². The van der Waals surface area contributed by atoms with Gasteiger partial charge in [0.15, 0.2) is 0 Å². The van der Waals surface area contributed by atoms with Gasteiger partial charge in [-0.05, 0) is 18.8 Å². The van der Waals surface area contributed by atoms with Gasteiger partial charge in [0.1, 0.15) is 5.38 Å². The third-order valence-corrected chi connectivity index (χ3v) is 3.72. The standard InChI is InChI=1S/C13H22ClNO3/c1-18-13(17)11(14)9-15-12(16)8-10-6-4-2-3-5-7-10/h10-11H,2-9H2,1H3,(H,15,16). The van der Waals surface area contributed by atoms with Gasteiger partial charge in [-0.25, -0.2) is 0 Å². The molecule has 0 spiro atoms. The average molecular weight is 276 g/mol. The smallest absolute Gasteiger partial charge is 0.325 e. The molecule has 0 aromatic heterocycles. The first kappa shape index (κ1) is 15.3. The van der Waals surface area contributed by atoms with E-state index in [1.807, 2.05) is 0 Å². The molecule has 104 valence electrons. The fourth-order valence-corrected chi connectivity index (χ4v) is 2.48. The number of carbonyl (C=O) groups excluding carboxylic acids is 2. The molecule has 5 heteroatoms. The van der Waals surface area contributed by atoms with Crippen molar-refractivity contribution in [2.24, 2.45) is 5.92 Å². The molecule has 1 amide bonds. The van der Waals surface area contributed by atoms with Crippen LogP contribution in [-0.2, 0) is 14.3 Å². The molecule has 0 aromatic carbocycles. The Kier molecular flexibility index (Phi) is 7.09. The van der Waals surface area contributed by atoms with Gasteiger partial charge in [-0.1, -0.05) is 25.7 Å². The summed E-state index contributed by atoms with van der Waals surface area (Å²) in [5.74, 6) is -0.0395. The fourth-order valence-electron chi connectivity index (χ4n) is 2.32. The molecule has 1 aliphatic rings. The van der Waals surface area contributed by atoms with E-state index in [1.165, 1.54) is 32.8 Å². The second-order valence-electron chi connectivity index (χ2n) is 4.86. The number of alkyl halides is 1. The molecule has 1 unspecified atom stereocenters. The number of hydrogen-bond donors (Lipinski definition) is 1. The van der Waals surface area contributed by atoms with Crippen molar-refractivity contribution < 1.29 is 14.3 Å². The molecule has 0 aliphatic heterocycles. The van der Waals surface area contributed by atoms with E-state index in [9.17, 15) is 9.59 Å². The van der Waals surface area contributed by atoms with Crippen LogP contribution >= 0.6 is 11.6 Å². The van der Waals surface area contributed by atoms with Gasteiger partial charge >= 0.3 is 5.97 Å². The lowest BCUT2D eigenvalue weighted by molar-refractivity contribution is -0.140. The number of rotatable bonds is 5. The van der Waals surface area contributed by atoms with Gasteiger partial charge in [-0.15, -0.1) is 11.6 Å². The minimum atomic E-state index is -0.798. The van der Waals surface area contributed by atoms with Crippen molar-refractivity contribution in [3.63, 3.8) is 0 Å². The van der Waals surface area contributed by atoms with Crippen LogP contribution in [0, 0.1) is 5.92 Å². The summed E-state index contributed by atoms with van der Waals surface area (Å²) in [5.41, 5.74) is 0. The van der Waals surface area contributed by atoms with Gasteiger partial charge in [-0.3, -0.25) is 9.59 Å². The van der Waals surface area contributed by atoms with E-state index >= 15 is 0 Å². The molecule has 1 saturated carbocycles. The Bertz CT molecular complexity index is 275. The monoisotopic (exact) mass is 275 g/mol. The van der Waals surface area contributed by atoms with Crippen LogP contribution in [0.1, 0.15) is 44.9 Å². The van der Waals surface area contributed by atoms with E-state index in [2.05, 4.69) is 10.1 Å². The van der Waals surface area contributed by atoms with Crippen LogP contribution in [0.15, 0.2) is 0 Å². The number of hydrogen-bond acceptors (Lipinski definition) is 3. The third kappa shape index (κ3) is 5.71. The zero-order valence-corrected chi connectivity index (χ0v) is 11.7. The first-order valence-corrected chi connectivity index (χ1v) is 7.05. The molecule has 4 nitrogen and oxygen atoms in total. The quantitative estimate of drug-likeness (QED) is 0.476. The molecule has 0 aromatic rings. The Morgan fingerprint density at radius 1 is 1.28 bits per heavy atom. The normalized spacial score (nSPS) is 18.8.